The molecule has 1 N–H and O–H groups in total. The number of hydrogen-bond acceptors (Lipinski definition) is 4. The van der Waals surface area contributed by atoms with Crippen LogP contribution in [0.2, 0.25) is 0 Å². The molecule has 1 saturated heterocycles. The first kappa shape index (κ1) is 20.4. The molecule has 1 heterocycles. The molecule has 0 aromatic heterocycles. The van der Waals surface area contributed by atoms with E-state index in [1.54, 1.807) is 30.0 Å². The van der Waals surface area contributed by atoms with Crippen molar-refractivity contribution >= 4 is 21.8 Å². The summed E-state index contributed by atoms with van der Waals surface area (Å²) < 4.78 is 27.8. The minimum Gasteiger partial charge on any atom is -0.299 e. The van der Waals surface area contributed by atoms with Crippen molar-refractivity contribution in [1.82, 2.24) is 9.62 Å². The number of thioether (sulfide) groups is 1. The number of nitrogens with one attached hydrogen (secondary N) is 1. The summed E-state index contributed by atoms with van der Waals surface area (Å²) in [6, 6.07) is 15.6. The number of sulfonamides is 1. The molecule has 4 nitrogen and oxygen atoms in total. The van der Waals surface area contributed by atoms with E-state index in [2.05, 4.69) is 40.1 Å². The van der Waals surface area contributed by atoms with E-state index in [1.807, 2.05) is 13.0 Å². The van der Waals surface area contributed by atoms with Crippen LogP contribution in [0.4, 0.5) is 0 Å². The predicted octanol–water partition coefficient (Wildman–Crippen LogP) is 3.91. The Labute approximate surface area is 167 Å². The van der Waals surface area contributed by atoms with Crippen LogP contribution in [0, 0.1) is 12.8 Å². The highest BCUT2D eigenvalue weighted by molar-refractivity contribution is 7.98. The molecule has 0 amide bonds. The van der Waals surface area contributed by atoms with Crippen molar-refractivity contribution in [3.05, 3.63) is 59.7 Å². The molecule has 0 radical (unpaired) electrons. The van der Waals surface area contributed by atoms with Crippen LogP contribution in [-0.4, -0.2) is 39.2 Å². The average Bonchev–Trinajstić information content (AvgIpc) is 2.68. The van der Waals surface area contributed by atoms with E-state index >= 15 is 0 Å². The Hall–Kier alpha value is -1.34. The monoisotopic (exact) mass is 404 g/mol. The van der Waals surface area contributed by atoms with E-state index in [0.29, 0.717) is 17.4 Å². The summed E-state index contributed by atoms with van der Waals surface area (Å²) >= 11 is 1.79. The smallest absolute Gasteiger partial charge is 0.240 e. The number of benzene rings is 2. The van der Waals surface area contributed by atoms with E-state index in [4.69, 9.17) is 0 Å². The fourth-order valence-corrected chi connectivity index (χ4v) is 5.35. The molecule has 0 spiro atoms. The maximum Gasteiger partial charge on any atom is 0.240 e. The van der Waals surface area contributed by atoms with Crippen molar-refractivity contribution in [2.45, 2.75) is 36.1 Å². The van der Waals surface area contributed by atoms with E-state index in [-0.39, 0.29) is 0 Å². The fourth-order valence-electron chi connectivity index (χ4n) is 3.52. The summed E-state index contributed by atoms with van der Waals surface area (Å²) in [6.45, 7) is 5.42. The number of likely N-dealkylation sites (tertiary alicyclic amines) is 1. The van der Waals surface area contributed by atoms with Gasteiger partial charge in [-0.05, 0) is 74.4 Å². The zero-order valence-electron chi connectivity index (χ0n) is 16.0. The summed E-state index contributed by atoms with van der Waals surface area (Å²) in [4.78, 5) is 4.17. The molecule has 1 fully saturated rings. The van der Waals surface area contributed by atoms with Crippen molar-refractivity contribution in [1.29, 1.82) is 0 Å². The molecular formula is C21H28N2O2S2. The molecule has 1 aliphatic rings. The first-order valence-electron chi connectivity index (χ1n) is 9.38. The van der Waals surface area contributed by atoms with Crippen LogP contribution in [0.1, 0.15) is 24.0 Å². The zero-order chi connectivity index (χ0) is 19.3. The molecule has 2 aromatic carbocycles. The molecule has 0 unspecified atom stereocenters. The fraction of sp³-hybridized carbons (Fsp3) is 0.429. The molecular weight excluding hydrogens is 376 g/mol. The molecule has 0 atom stereocenters. The van der Waals surface area contributed by atoms with Crippen LogP contribution >= 0.6 is 11.8 Å². The number of hydrogen-bond donors (Lipinski definition) is 1. The second-order valence-electron chi connectivity index (χ2n) is 7.20. The lowest BCUT2D eigenvalue weighted by Gasteiger charge is -2.32. The number of aryl methyl sites for hydroxylation is 1. The van der Waals surface area contributed by atoms with Gasteiger partial charge in [0.05, 0.1) is 4.90 Å². The molecule has 6 heteroatoms. The standard InChI is InChI=1S/C21H28N2O2S2/c1-17-6-5-8-20(14-17)27(24,25)22-15-18-10-12-23(13-11-18)16-19-7-3-4-9-21(19)26-2/h3-9,14,18,22H,10-13,15-16H2,1-2H3. The quantitative estimate of drug-likeness (QED) is 0.711. The molecule has 3 rings (SSSR count). The molecule has 0 bridgehead atoms. The molecule has 2 aromatic rings. The molecule has 27 heavy (non-hydrogen) atoms. The third-order valence-corrected chi connectivity index (χ3v) is 7.41. The van der Waals surface area contributed by atoms with Gasteiger partial charge in [-0.25, -0.2) is 13.1 Å². The summed E-state index contributed by atoms with van der Waals surface area (Å²) in [6.07, 6.45) is 4.17. The molecule has 0 aliphatic carbocycles. The SMILES string of the molecule is CSc1ccccc1CN1CCC(CNS(=O)(=O)c2cccc(C)c2)CC1. The minimum absolute atomic E-state index is 0.355. The average molecular weight is 405 g/mol. The lowest BCUT2D eigenvalue weighted by molar-refractivity contribution is 0.177. The summed E-state index contributed by atoms with van der Waals surface area (Å²) in [5, 5.41) is 0. The van der Waals surface area contributed by atoms with Crippen LogP contribution in [0.5, 0.6) is 0 Å². The zero-order valence-corrected chi connectivity index (χ0v) is 17.7. The lowest BCUT2D eigenvalue weighted by Crippen LogP contribution is -2.38. The highest BCUT2D eigenvalue weighted by Gasteiger charge is 2.22. The second kappa shape index (κ2) is 9.24. The Morgan fingerprint density at radius 1 is 1.11 bits per heavy atom. The maximum atomic E-state index is 12.5. The van der Waals surface area contributed by atoms with E-state index in [0.717, 1.165) is 38.0 Å². The Bertz CT molecular complexity index is 860. The van der Waals surface area contributed by atoms with Gasteiger partial charge in [0, 0.05) is 18.0 Å². The molecule has 146 valence electrons. The first-order chi connectivity index (χ1) is 13.0. The summed E-state index contributed by atoms with van der Waals surface area (Å²) in [7, 11) is -3.42. The first-order valence-corrected chi connectivity index (χ1v) is 12.1. The minimum atomic E-state index is -3.42. The highest BCUT2D eigenvalue weighted by Crippen LogP contribution is 2.24. The van der Waals surface area contributed by atoms with Crippen molar-refractivity contribution in [2.24, 2.45) is 5.92 Å². The van der Waals surface area contributed by atoms with Crippen LogP contribution < -0.4 is 4.72 Å². The van der Waals surface area contributed by atoms with E-state index < -0.39 is 10.0 Å². The predicted molar refractivity (Wildman–Crippen MR) is 113 cm³/mol. The number of rotatable bonds is 7. The van der Waals surface area contributed by atoms with Crippen molar-refractivity contribution in [3.63, 3.8) is 0 Å². The topological polar surface area (TPSA) is 49.4 Å². The van der Waals surface area contributed by atoms with Gasteiger partial charge in [0.1, 0.15) is 0 Å². The van der Waals surface area contributed by atoms with E-state index in [1.165, 1.54) is 10.5 Å². The van der Waals surface area contributed by atoms with Crippen molar-refractivity contribution in [2.75, 3.05) is 25.9 Å². The number of nitrogens with zero attached hydrogens (tertiary/aromatic N) is 1. The number of piperidine rings is 1. The van der Waals surface area contributed by atoms with Gasteiger partial charge >= 0.3 is 0 Å². The van der Waals surface area contributed by atoms with Crippen molar-refractivity contribution < 1.29 is 8.42 Å². The molecule has 0 saturated carbocycles. The Morgan fingerprint density at radius 3 is 2.56 bits per heavy atom. The summed E-state index contributed by atoms with van der Waals surface area (Å²) in [5.41, 5.74) is 2.33. The highest BCUT2D eigenvalue weighted by atomic mass is 32.2. The summed E-state index contributed by atoms with van der Waals surface area (Å²) in [5.74, 6) is 0.400. The third kappa shape index (κ3) is 5.57. The van der Waals surface area contributed by atoms with Gasteiger partial charge in [0.15, 0.2) is 0 Å². The normalized spacial score (nSPS) is 16.5. The third-order valence-electron chi connectivity index (χ3n) is 5.16. The van der Waals surface area contributed by atoms with Gasteiger partial charge < -0.3 is 0 Å². The van der Waals surface area contributed by atoms with Crippen molar-refractivity contribution in [3.8, 4) is 0 Å². The molecule has 1 aliphatic heterocycles. The Balaban J connectivity index is 1.50. The van der Waals surface area contributed by atoms with Gasteiger partial charge in [-0.15, -0.1) is 11.8 Å². The van der Waals surface area contributed by atoms with Crippen LogP contribution in [0.25, 0.3) is 0 Å². The van der Waals surface area contributed by atoms with Gasteiger partial charge in [0.2, 0.25) is 10.0 Å². The van der Waals surface area contributed by atoms with Crippen LogP contribution in [0.15, 0.2) is 58.3 Å². The van der Waals surface area contributed by atoms with Crippen LogP contribution in [0.3, 0.4) is 0 Å². The second-order valence-corrected chi connectivity index (χ2v) is 9.81. The maximum absolute atomic E-state index is 12.5. The Morgan fingerprint density at radius 2 is 1.85 bits per heavy atom. The van der Waals surface area contributed by atoms with E-state index in [9.17, 15) is 8.42 Å². The lowest BCUT2D eigenvalue weighted by atomic mass is 9.97. The van der Waals surface area contributed by atoms with Gasteiger partial charge in [-0.1, -0.05) is 30.3 Å². The van der Waals surface area contributed by atoms with Gasteiger partial charge in [-0.3, -0.25) is 4.90 Å². The largest absolute Gasteiger partial charge is 0.299 e. The van der Waals surface area contributed by atoms with Crippen LogP contribution in [-0.2, 0) is 16.6 Å². The van der Waals surface area contributed by atoms with Gasteiger partial charge in [-0.2, -0.15) is 0 Å². The Kier molecular flexibility index (Phi) is 6.98. The van der Waals surface area contributed by atoms with Gasteiger partial charge in [0.25, 0.3) is 0 Å².